The van der Waals surface area contributed by atoms with E-state index in [2.05, 4.69) is 15.3 Å². The Labute approximate surface area is 167 Å². The van der Waals surface area contributed by atoms with Gasteiger partial charge in [0.15, 0.2) is 16.7 Å². The highest BCUT2D eigenvalue weighted by atomic mass is 32.1. The number of hydrogen-bond donors (Lipinski definition) is 2. The third-order valence-electron chi connectivity index (χ3n) is 4.00. The van der Waals surface area contributed by atoms with Gasteiger partial charge in [0.2, 0.25) is 5.55 Å². The first kappa shape index (κ1) is 18.6. The summed E-state index contributed by atoms with van der Waals surface area (Å²) in [5.41, 5.74) is 0.648. The molecule has 1 amide bonds. The Morgan fingerprint density at radius 2 is 2.14 bits per heavy atom. The number of aromatic nitrogens is 1. The van der Waals surface area contributed by atoms with E-state index >= 15 is 0 Å². The predicted molar refractivity (Wildman–Crippen MR) is 106 cm³/mol. The van der Waals surface area contributed by atoms with Crippen molar-refractivity contribution >= 4 is 39.0 Å². The molecule has 0 aliphatic rings. The second-order valence-electron chi connectivity index (χ2n) is 5.91. The number of hydrogen-bond acceptors (Lipinski definition) is 7. The molecule has 0 bridgehead atoms. The number of carbonyl (C=O) groups excluding carboxylic acids is 1. The zero-order valence-corrected chi connectivity index (χ0v) is 15.9. The molecule has 0 fully saturated rings. The quantitative estimate of drug-likeness (QED) is 0.524. The van der Waals surface area contributed by atoms with E-state index in [-0.39, 0.29) is 28.3 Å². The molecule has 0 unspecified atom stereocenters. The molecule has 4 aromatic rings. The summed E-state index contributed by atoms with van der Waals surface area (Å²) in [6.45, 7) is 0. The number of anilines is 1. The fourth-order valence-electron chi connectivity index (χ4n) is 2.64. The Kier molecular flexibility index (Phi) is 4.96. The fourth-order valence-corrected chi connectivity index (χ4v) is 3.17. The number of nitrogens with zero attached hydrogens (tertiary/aromatic N) is 2. The minimum Gasteiger partial charge on any atom is -0.508 e. The number of benzene rings is 2. The molecular weight excluding hydrogens is 397 g/mol. The van der Waals surface area contributed by atoms with Crippen LogP contribution in [0.1, 0.15) is 10.4 Å². The predicted octanol–water partition coefficient (Wildman–Crippen LogP) is 4.23. The van der Waals surface area contributed by atoms with Crippen molar-refractivity contribution in [3.05, 3.63) is 71.0 Å². The van der Waals surface area contributed by atoms with Crippen LogP contribution in [0.2, 0.25) is 0 Å². The second-order valence-corrected chi connectivity index (χ2v) is 6.80. The minimum absolute atomic E-state index is 0.00248. The van der Waals surface area contributed by atoms with E-state index < -0.39 is 11.7 Å². The molecule has 146 valence electrons. The first-order valence-corrected chi connectivity index (χ1v) is 9.27. The summed E-state index contributed by atoms with van der Waals surface area (Å²) in [5.74, 6) is -0.999. The number of amides is 1. The molecular formula is C20H14FN3O4S. The highest BCUT2D eigenvalue weighted by molar-refractivity contribution is 7.13. The molecule has 2 aromatic carbocycles. The van der Waals surface area contributed by atoms with Crippen LogP contribution in [0.15, 0.2) is 63.5 Å². The normalized spacial score (nSPS) is 11.6. The maximum absolute atomic E-state index is 14.0. The minimum atomic E-state index is -0.596. The Morgan fingerprint density at radius 1 is 1.28 bits per heavy atom. The third-order valence-corrected chi connectivity index (χ3v) is 4.69. The lowest BCUT2D eigenvalue weighted by atomic mass is 10.1. The third kappa shape index (κ3) is 3.94. The van der Waals surface area contributed by atoms with Crippen molar-refractivity contribution in [2.45, 2.75) is 0 Å². The lowest BCUT2D eigenvalue weighted by molar-refractivity contribution is 0.102. The molecule has 0 radical (unpaired) electrons. The number of phenolic OH excluding ortho intramolecular Hbond substituents is 1. The van der Waals surface area contributed by atoms with Gasteiger partial charge in [-0.1, -0.05) is 0 Å². The van der Waals surface area contributed by atoms with Crippen molar-refractivity contribution < 1.29 is 23.4 Å². The van der Waals surface area contributed by atoms with Gasteiger partial charge >= 0.3 is 0 Å². The smallest absolute Gasteiger partial charge is 0.262 e. The summed E-state index contributed by atoms with van der Waals surface area (Å²) >= 11 is 1.27. The molecule has 2 N–H and O–H groups in total. The summed E-state index contributed by atoms with van der Waals surface area (Å²) in [6.07, 6.45) is 1.57. The van der Waals surface area contributed by atoms with Crippen LogP contribution in [0, 0.1) is 5.82 Å². The molecule has 4 rings (SSSR count). The van der Waals surface area contributed by atoms with E-state index in [1.54, 1.807) is 23.7 Å². The molecule has 0 spiro atoms. The number of aromatic hydroxyl groups is 1. The number of fused-ring (bicyclic) bond motifs is 1. The van der Waals surface area contributed by atoms with Gasteiger partial charge in [-0.3, -0.25) is 10.1 Å². The largest absolute Gasteiger partial charge is 0.508 e. The maximum atomic E-state index is 14.0. The monoisotopic (exact) mass is 411 g/mol. The number of methoxy groups -OCH3 is 1. The van der Waals surface area contributed by atoms with Crippen LogP contribution in [0.4, 0.5) is 15.2 Å². The van der Waals surface area contributed by atoms with Gasteiger partial charge in [-0.15, -0.1) is 11.3 Å². The maximum Gasteiger partial charge on any atom is 0.262 e. The van der Waals surface area contributed by atoms with Gasteiger partial charge in [-0.05, 0) is 30.3 Å². The van der Waals surface area contributed by atoms with Gasteiger partial charge in [0.25, 0.3) is 5.91 Å². The van der Waals surface area contributed by atoms with Crippen LogP contribution in [-0.2, 0) is 0 Å². The Hall–Kier alpha value is -3.72. The lowest BCUT2D eigenvalue weighted by Crippen LogP contribution is -2.21. The van der Waals surface area contributed by atoms with Crippen molar-refractivity contribution in [3.8, 4) is 11.5 Å². The van der Waals surface area contributed by atoms with Crippen molar-refractivity contribution in [2.75, 3.05) is 12.4 Å². The van der Waals surface area contributed by atoms with Crippen LogP contribution in [0.25, 0.3) is 11.0 Å². The van der Waals surface area contributed by atoms with E-state index in [4.69, 9.17) is 9.15 Å². The van der Waals surface area contributed by atoms with Crippen LogP contribution < -0.4 is 15.6 Å². The average Bonchev–Trinajstić information content (AvgIpc) is 3.20. The Bertz CT molecular complexity index is 1270. The number of carbonyl (C=O) groups is 1. The van der Waals surface area contributed by atoms with Crippen molar-refractivity contribution in [1.82, 2.24) is 4.98 Å². The highest BCUT2D eigenvalue weighted by Gasteiger charge is 2.15. The molecule has 29 heavy (non-hydrogen) atoms. The van der Waals surface area contributed by atoms with E-state index in [0.717, 1.165) is 0 Å². The van der Waals surface area contributed by atoms with E-state index in [1.165, 1.54) is 48.8 Å². The molecule has 0 saturated heterocycles. The molecule has 7 nitrogen and oxygen atoms in total. The first-order chi connectivity index (χ1) is 14.0. The summed E-state index contributed by atoms with van der Waals surface area (Å²) in [5, 5.41) is 15.1. The molecule has 0 aliphatic heterocycles. The molecule has 0 atom stereocenters. The number of thiazole rings is 1. The summed E-state index contributed by atoms with van der Waals surface area (Å²) in [4.78, 5) is 21.1. The number of phenols is 1. The first-order valence-electron chi connectivity index (χ1n) is 8.39. The van der Waals surface area contributed by atoms with Crippen molar-refractivity contribution in [2.24, 2.45) is 4.99 Å². The van der Waals surface area contributed by atoms with Crippen molar-refractivity contribution in [3.63, 3.8) is 0 Å². The lowest BCUT2D eigenvalue weighted by Gasteiger charge is -2.06. The van der Waals surface area contributed by atoms with Gasteiger partial charge in [0.05, 0.1) is 12.8 Å². The topological polar surface area (TPSA) is 97.0 Å². The van der Waals surface area contributed by atoms with Crippen LogP contribution in [0.5, 0.6) is 11.5 Å². The van der Waals surface area contributed by atoms with Gasteiger partial charge in [-0.2, -0.15) is 0 Å². The number of nitrogens with one attached hydrogen (secondary N) is 1. The highest BCUT2D eigenvalue weighted by Crippen LogP contribution is 2.24. The summed E-state index contributed by atoms with van der Waals surface area (Å²) < 4.78 is 24.7. The van der Waals surface area contributed by atoms with E-state index in [0.29, 0.717) is 16.1 Å². The standard InChI is InChI=1S/C20H14FN3O4S/c1-27-16-5-3-12(9-15(16)21)23-19-14(18(26)24-20-22-6-7-29-20)8-11-2-4-13(25)10-17(11)28-19/h2-10,25H,1H3,(H,22,24,26). The Morgan fingerprint density at radius 3 is 2.86 bits per heavy atom. The second kappa shape index (κ2) is 7.72. The van der Waals surface area contributed by atoms with Gasteiger partial charge in [-0.25, -0.2) is 14.4 Å². The molecule has 0 saturated carbocycles. The van der Waals surface area contributed by atoms with Crippen LogP contribution in [0.3, 0.4) is 0 Å². The van der Waals surface area contributed by atoms with Crippen LogP contribution >= 0.6 is 11.3 Å². The number of rotatable bonds is 4. The van der Waals surface area contributed by atoms with Gasteiger partial charge in [0, 0.05) is 29.1 Å². The summed E-state index contributed by atoms with van der Waals surface area (Å²) in [6, 6.07) is 10.2. The van der Waals surface area contributed by atoms with Gasteiger partial charge in [0.1, 0.15) is 16.9 Å². The number of ether oxygens (including phenoxy) is 1. The summed E-state index contributed by atoms with van der Waals surface area (Å²) in [7, 11) is 1.36. The van der Waals surface area contributed by atoms with Crippen molar-refractivity contribution in [1.29, 1.82) is 0 Å². The van der Waals surface area contributed by atoms with E-state index in [1.807, 2.05) is 0 Å². The fraction of sp³-hybridized carbons (Fsp3) is 0.0500. The van der Waals surface area contributed by atoms with Gasteiger partial charge < -0.3 is 14.3 Å². The Balaban J connectivity index is 1.87. The SMILES string of the molecule is COc1ccc(N=c2oc3cc(O)ccc3cc2C(=O)Nc2nccs2)cc1F. The van der Waals surface area contributed by atoms with E-state index in [9.17, 15) is 14.3 Å². The zero-order chi connectivity index (χ0) is 20.4. The molecule has 0 aliphatic carbocycles. The molecule has 2 aromatic heterocycles. The zero-order valence-electron chi connectivity index (χ0n) is 15.0. The molecule has 9 heteroatoms. The molecule has 2 heterocycles. The number of halogens is 1. The van der Waals surface area contributed by atoms with Crippen LogP contribution in [-0.4, -0.2) is 23.1 Å². The average molecular weight is 411 g/mol.